The minimum atomic E-state index is -0.0285. The summed E-state index contributed by atoms with van der Waals surface area (Å²) in [5.74, 6) is 0.650. The van der Waals surface area contributed by atoms with Crippen LogP contribution in [0, 0.1) is 5.92 Å². The molecule has 0 amide bonds. The van der Waals surface area contributed by atoms with E-state index in [1.807, 2.05) is 6.07 Å². The Hall–Kier alpha value is -1.26. The molecule has 110 valence electrons. The first-order valence-corrected chi connectivity index (χ1v) is 7.72. The van der Waals surface area contributed by atoms with Gasteiger partial charge < -0.3 is 15.5 Å². The van der Waals surface area contributed by atoms with E-state index in [0.29, 0.717) is 12.0 Å². The molecule has 1 saturated carbocycles. The average Bonchev–Trinajstić information content (AvgIpc) is 2.98. The standard InChI is InChI=1S/C16H24N2O2/c19-14-6-5-13(11-15(14)20)16(12-3-1-2-4-12)18-9-7-17-8-10-18/h5-6,11-12,16-17,19-20H,1-4,7-10H2/t16-/m1/s1. The van der Waals surface area contributed by atoms with Gasteiger partial charge in [-0.1, -0.05) is 18.9 Å². The van der Waals surface area contributed by atoms with Gasteiger partial charge in [0.15, 0.2) is 11.5 Å². The number of rotatable bonds is 3. The Kier molecular flexibility index (Phi) is 4.13. The van der Waals surface area contributed by atoms with E-state index in [9.17, 15) is 10.2 Å². The van der Waals surface area contributed by atoms with Crippen molar-refractivity contribution in [3.05, 3.63) is 23.8 Å². The molecule has 0 bridgehead atoms. The highest BCUT2D eigenvalue weighted by molar-refractivity contribution is 5.41. The SMILES string of the molecule is Oc1ccc([C@@H](C2CCCC2)N2CCNCC2)cc1O. The fourth-order valence-corrected chi connectivity index (χ4v) is 3.74. The topological polar surface area (TPSA) is 55.7 Å². The number of aromatic hydroxyl groups is 2. The zero-order valence-corrected chi connectivity index (χ0v) is 11.9. The summed E-state index contributed by atoms with van der Waals surface area (Å²) in [6, 6.07) is 5.72. The Labute approximate surface area is 120 Å². The molecule has 0 spiro atoms. The van der Waals surface area contributed by atoms with Crippen LogP contribution in [0.25, 0.3) is 0 Å². The van der Waals surface area contributed by atoms with Crippen molar-refractivity contribution in [3.63, 3.8) is 0 Å². The van der Waals surface area contributed by atoms with Crippen LogP contribution < -0.4 is 5.32 Å². The number of hydrogen-bond acceptors (Lipinski definition) is 4. The molecule has 0 radical (unpaired) electrons. The van der Waals surface area contributed by atoms with Gasteiger partial charge in [-0.3, -0.25) is 4.90 Å². The van der Waals surface area contributed by atoms with E-state index in [1.54, 1.807) is 12.1 Å². The van der Waals surface area contributed by atoms with E-state index >= 15 is 0 Å². The van der Waals surface area contributed by atoms with E-state index < -0.39 is 0 Å². The van der Waals surface area contributed by atoms with E-state index in [0.717, 1.165) is 31.7 Å². The predicted octanol–water partition coefficient (Wildman–Crippen LogP) is 2.23. The second kappa shape index (κ2) is 6.02. The van der Waals surface area contributed by atoms with Crippen LogP contribution in [0.2, 0.25) is 0 Å². The number of nitrogens with one attached hydrogen (secondary N) is 1. The number of phenols is 2. The normalized spacial score (nSPS) is 23.0. The molecule has 1 saturated heterocycles. The Morgan fingerprint density at radius 2 is 1.75 bits per heavy atom. The molecule has 1 aromatic rings. The molecule has 1 aliphatic carbocycles. The van der Waals surface area contributed by atoms with Gasteiger partial charge in [0.1, 0.15) is 0 Å². The number of piperazine rings is 1. The maximum atomic E-state index is 9.81. The van der Waals surface area contributed by atoms with E-state index in [2.05, 4.69) is 10.2 Å². The number of benzene rings is 1. The molecule has 3 N–H and O–H groups in total. The molecule has 2 aliphatic rings. The maximum absolute atomic E-state index is 9.81. The van der Waals surface area contributed by atoms with Crippen LogP contribution in [0.1, 0.15) is 37.3 Å². The minimum absolute atomic E-state index is 0.000585. The summed E-state index contributed by atoms with van der Waals surface area (Å²) in [5, 5.41) is 22.7. The summed E-state index contributed by atoms with van der Waals surface area (Å²) in [4.78, 5) is 2.54. The van der Waals surface area contributed by atoms with Gasteiger partial charge in [0.25, 0.3) is 0 Å². The summed E-state index contributed by atoms with van der Waals surface area (Å²) in [7, 11) is 0. The van der Waals surface area contributed by atoms with Crippen LogP contribution in [0.4, 0.5) is 0 Å². The fraction of sp³-hybridized carbons (Fsp3) is 0.625. The van der Waals surface area contributed by atoms with Crippen LogP contribution in [-0.2, 0) is 0 Å². The van der Waals surface area contributed by atoms with Gasteiger partial charge in [-0.15, -0.1) is 0 Å². The summed E-state index contributed by atoms with van der Waals surface area (Å²) >= 11 is 0. The van der Waals surface area contributed by atoms with Crippen LogP contribution in [0.3, 0.4) is 0 Å². The molecule has 1 aliphatic heterocycles. The Bertz CT molecular complexity index is 452. The molecule has 0 unspecified atom stereocenters. The van der Waals surface area contributed by atoms with Gasteiger partial charge in [-0.2, -0.15) is 0 Å². The lowest BCUT2D eigenvalue weighted by Crippen LogP contribution is -2.46. The monoisotopic (exact) mass is 276 g/mol. The predicted molar refractivity (Wildman–Crippen MR) is 78.9 cm³/mol. The lowest BCUT2D eigenvalue weighted by molar-refractivity contribution is 0.125. The molecule has 2 fully saturated rings. The lowest BCUT2D eigenvalue weighted by atomic mass is 9.89. The molecule has 4 nitrogen and oxygen atoms in total. The number of phenolic OH excluding ortho intramolecular Hbond substituents is 2. The molecular formula is C16H24N2O2. The van der Waals surface area contributed by atoms with Gasteiger partial charge in [0.05, 0.1) is 0 Å². The molecular weight excluding hydrogens is 252 g/mol. The van der Waals surface area contributed by atoms with Crippen molar-refractivity contribution in [2.75, 3.05) is 26.2 Å². The first kappa shape index (κ1) is 13.7. The summed E-state index contributed by atoms with van der Waals surface area (Å²) in [6.45, 7) is 4.19. The third-order valence-corrected chi connectivity index (χ3v) is 4.73. The Morgan fingerprint density at radius 1 is 1.05 bits per heavy atom. The van der Waals surface area contributed by atoms with Crippen molar-refractivity contribution in [1.29, 1.82) is 0 Å². The largest absolute Gasteiger partial charge is 0.504 e. The molecule has 4 heteroatoms. The van der Waals surface area contributed by atoms with Gasteiger partial charge >= 0.3 is 0 Å². The highest BCUT2D eigenvalue weighted by Gasteiger charge is 2.32. The highest BCUT2D eigenvalue weighted by Crippen LogP contribution is 2.41. The van der Waals surface area contributed by atoms with Crippen molar-refractivity contribution in [3.8, 4) is 11.5 Å². The maximum Gasteiger partial charge on any atom is 0.157 e. The van der Waals surface area contributed by atoms with Crippen LogP contribution in [0.5, 0.6) is 11.5 Å². The van der Waals surface area contributed by atoms with E-state index in [4.69, 9.17) is 0 Å². The molecule has 0 aromatic heterocycles. The second-order valence-corrected chi connectivity index (χ2v) is 6.02. The molecule has 1 atom stereocenters. The van der Waals surface area contributed by atoms with E-state index in [1.165, 1.54) is 25.7 Å². The number of nitrogens with zero attached hydrogens (tertiary/aromatic N) is 1. The van der Waals surface area contributed by atoms with Crippen LogP contribution in [0.15, 0.2) is 18.2 Å². The first-order valence-electron chi connectivity index (χ1n) is 7.72. The van der Waals surface area contributed by atoms with Crippen molar-refractivity contribution < 1.29 is 10.2 Å². The minimum Gasteiger partial charge on any atom is -0.504 e. The zero-order chi connectivity index (χ0) is 13.9. The highest BCUT2D eigenvalue weighted by atomic mass is 16.3. The van der Waals surface area contributed by atoms with E-state index in [-0.39, 0.29) is 11.5 Å². The summed E-state index contributed by atoms with van der Waals surface area (Å²) < 4.78 is 0. The number of hydrogen-bond donors (Lipinski definition) is 3. The zero-order valence-electron chi connectivity index (χ0n) is 11.9. The third-order valence-electron chi connectivity index (χ3n) is 4.73. The molecule has 1 aromatic carbocycles. The Morgan fingerprint density at radius 3 is 2.40 bits per heavy atom. The summed E-state index contributed by atoms with van der Waals surface area (Å²) in [5.41, 5.74) is 1.15. The fourth-order valence-electron chi connectivity index (χ4n) is 3.74. The van der Waals surface area contributed by atoms with Gasteiger partial charge in [0.2, 0.25) is 0 Å². The molecule has 3 rings (SSSR count). The molecule has 20 heavy (non-hydrogen) atoms. The average molecular weight is 276 g/mol. The smallest absolute Gasteiger partial charge is 0.157 e. The van der Waals surface area contributed by atoms with Crippen molar-refractivity contribution in [2.45, 2.75) is 31.7 Å². The van der Waals surface area contributed by atoms with Crippen molar-refractivity contribution >= 4 is 0 Å². The quantitative estimate of drug-likeness (QED) is 0.741. The third kappa shape index (κ3) is 2.76. The van der Waals surface area contributed by atoms with Gasteiger partial charge in [-0.25, -0.2) is 0 Å². The summed E-state index contributed by atoms with van der Waals surface area (Å²) in [6.07, 6.45) is 5.18. The van der Waals surface area contributed by atoms with Gasteiger partial charge in [0, 0.05) is 32.2 Å². The first-order chi connectivity index (χ1) is 9.75. The van der Waals surface area contributed by atoms with Crippen molar-refractivity contribution in [1.82, 2.24) is 10.2 Å². The van der Waals surface area contributed by atoms with Crippen LogP contribution in [-0.4, -0.2) is 41.3 Å². The van der Waals surface area contributed by atoms with Crippen LogP contribution >= 0.6 is 0 Å². The van der Waals surface area contributed by atoms with Gasteiger partial charge in [-0.05, 0) is 36.5 Å². The second-order valence-electron chi connectivity index (χ2n) is 6.02. The lowest BCUT2D eigenvalue weighted by Gasteiger charge is -2.38. The van der Waals surface area contributed by atoms with Crippen molar-refractivity contribution in [2.24, 2.45) is 5.92 Å². The Balaban J connectivity index is 1.88. The molecule has 1 heterocycles.